The van der Waals surface area contributed by atoms with E-state index in [1.807, 2.05) is 44.2 Å². The van der Waals surface area contributed by atoms with E-state index >= 15 is 0 Å². The number of carbonyl (C=O) groups excluding carboxylic acids is 4. The molecule has 1 aromatic carbocycles. The summed E-state index contributed by atoms with van der Waals surface area (Å²) in [5.74, 6) is -1.66. The Balaban J connectivity index is 3.00. The summed E-state index contributed by atoms with van der Waals surface area (Å²) in [5, 5.41) is 10.9. The molecule has 0 aliphatic heterocycles. The number of rotatable bonds is 15. The predicted octanol–water partition coefficient (Wildman–Crippen LogP) is 2.02. The molecule has 0 spiro atoms. The molecule has 34 heavy (non-hydrogen) atoms. The maximum absolute atomic E-state index is 13.3. The first-order valence-corrected chi connectivity index (χ1v) is 11.7. The van der Waals surface area contributed by atoms with Crippen molar-refractivity contribution in [1.82, 2.24) is 21.3 Å². The van der Waals surface area contributed by atoms with Gasteiger partial charge in [0, 0.05) is 19.4 Å². The van der Waals surface area contributed by atoms with E-state index in [9.17, 15) is 19.2 Å². The summed E-state index contributed by atoms with van der Waals surface area (Å²) in [7, 11) is 0. The summed E-state index contributed by atoms with van der Waals surface area (Å²) in [6.45, 7) is 12.8. The number of hydrogen-bond acceptors (Lipinski definition) is 4. The minimum absolute atomic E-state index is 0.120. The summed E-state index contributed by atoms with van der Waals surface area (Å²) < 4.78 is 0. The predicted molar refractivity (Wildman–Crippen MR) is 134 cm³/mol. The average Bonchev–Trinajstić information content (AvgIpc) is 2.83. The van der Waals surface area contributed by atoms with Crippen LogP contribution < -0.4 is 21.3 Å². The molecule has 4 atom stereocenters. The van der Waals surface area contributed by atoms with Crippen LogP contribution >= 0.6 is 0 Å². The minimum atomic E-state index is -0.929. The Kier molecular flexibility index (Phi) is 13.0. The van der Waals surface area contributed by atoms with Gasteiger partial charge in [0.25, 0.3) is 0 Å². The molecule has 0 saturated carbocycles. The highest BCUT2D eigenvalue weighted by Gasteiger charge is 2.30. The molecule has 4 amide bonds. The van der Waals surface area contributed by atoms with Gasteiger partial charge in [-0.05, 0) is 24.8 Å². The molecular formula is C26H38N4O4. The van der Waals surface area contributed by atoms with Gasteiger partial charge < -0.3 is 21.3 Å². The first kappa shape index (κ1) is 28.6. The summed E-state index contributed by atoms with van der Waals surface area (Å²) in [6.07, 6.45) is 4.84. The molecule has 1 aromatic rings. The van der Waals surface area contributed by atoms with Crippen LogP contribution in [0.3, 0.4) is 0 Å². The minimum Gasteiger partial charge on any atom is -0.351 e. The van der Waals surface area contributed by atoms with E-state index < -0.39 is 29.9 Å². The van der Waals surface area contributed by atoms with Crippen LogP contribution in [0, 0.1) is 5.92 Å². The van der Waals surface area contributed by atoms with Crippen LogP contribution in [0.25, 0.3) is 0 Å². The topological polar surface area (TPSA) is 116 Å². The zero-order valence-corrected chi connectivity index (χ0v) is 20.4. The molecule has 0 unspecified atom stereocenters. The van der Waals surface area contributed by atoms with Crippen molar-refractivity contribution in [3.05, 3.63) is 61.2 Å². The van der Waals surface area contributed by atoms with Crippen molar-refractivity contribution in [2.45, 2.75) is 64.6 Å². The molecule has 8 nitrogen and oxygen atoms in total. The summed E-state index contributed by atoms with van der Waals surface area (Å²) in [6, 6.07) is 6.75. The van der Waals surface area contributed by atoms with Crippen molar-refractivity contribution in [1.29, 1.82) is 0 Å². The third-order valence-electron chi connectivity index (χ3n) is 5.48. The van der Waals surface area contributed by atoms with E-state index in [4.69, 9.17) is 0 Å². The summed E-state index contributed by atoms with van der Waals surface area (Å²) >= 11 is 0. The quantitative estimate of drug-likeness (QED) is 0.294. The Hall–Kier alpha value is -3.42. The van der Waals surface area contributed by atoms with Crippen molar-refractivity contribution < 1.29 is 19.2 Å². The first-order valence-electron chi connectivity index (χ1n) is 11.7. The number of amides is 4. The van der Waals surface area contributed by atoms with Gasteiger partial charge in [-0.1, -0.05) is 62.8 Å². The number of hydrogen-bond donors (Lipinski definition) is 4. The van der Waals surface area contributed by atoms with Gasteiger partial charge in [-0.3, -0.25) is 19.2 Å². The molecule has 1 rings (SSSR count). The van der Waals surface area contributed by atoms with E-state index in [0.29, 0.717) is 12.8 Å². The van der Waals surface area contributed by atoms with Crippen LogP contribution in [0.4, 0.5) is 0 Å². The molecule has 0 aromatic heterocycles. The Labute approximate surface area is 202 Å². The van der Waals surface area contributed by atoms with E-state index in [2.05, 4.69) is 34.4 Å². The third-order valence-corrected chi connectivity index (χ3v) is 5.48. The Morgan fingerprint density at radius 1 is 0.912 bits per heavy atom. The van der Waals surface area contributed by atoms with Gasteiger partial charge in [0.2, 0.25) is 23.6 Å². The Bertz CT molecular complexity index is 840. The average molecular weight is 471 g/mol. The molecule has 186 valence electrons. The standard InChI is InChI=1S/C26H38N4O4/c1-6-9-15-22(31)28-19(5)24(32)29-21(17-20-13-11-10-12-14-20)25(33)30-23(18(4)8-3)26(34)27-16-7-2/h6-7,10-14,18-19,21,23H,1-2,8-9,15-17H2,3-5H3,(H,27,34)(H,28,31)(H,29,32)(H,30,33)/t18-,19-,21-,23-/m0/s1. The number of nitrogens with one attached hydrogen (secondary N) is 4. The highest BCUT2D eigenvalue weighted by atomic mass is 16.2. The molecular weight excluding hydrogens is 432 g/mol. The summed E-state index contributed by atoms with van der Waals surface area (Å²) in [5.41, 5.74) is 0.849. The second-order valence-corrected chi connectivity index (χ2v) is 8.27. The molecule has 0 heterocycles. The van der Waals surface area contributed by atoms with Crippen LogP contribution in [0.2, 0.25) is 0 Å². The fraction of sp³-hybridized carbons (Fsp3) is 0.462. The smallest absolute Gasteiger partial charge is 0.243 e. The number of allylic oxidation sites excluding steroid dienone is 1. The van der Waals surface area contributed by atoms with E-state index in [1.54, 1.807) is 19.1 Å². The van der Waals surface area contributed by atoms with Crippen LogP contribution in [0.5, 0.6) is 0 Å². The molecule has 0 aliphatic carbocycles. The summed E-state index contributed by atoms with van der Waals surface area (Å²) in [4.78, 5) is 50.7. The van der Waals surface area contributed by atoms with Gasteiger partial charge in [-0.15, -0.1) is 13.2 Å². The van der Waals surface area contributed by atoms with E-state index in [1.165, 1.54) is 0 Å². The SMILES string of the molecule is C=CCCC(=O)N[C@@H](C)C(=O)N[C@@H](Cc1ccccc1)C(=O)N[C@H](C(=O)NCC=C)[C@@H](C)CC. The largest absolute Gasteiger partial charge is 0.351 e. The third kappa shape index (κ3) is 10.0. The number of benzene rings is 1. The zero-order chi connectivity index (χ0) is 25.5. The second-order valence-electron chi connectivity index (χ2n) is 8.27. The van der Waals surface area contributed by atoms with Crippen molar-refractivity contribution in [2.75, 3.05) is 6.54 Å². The molecule has 0 fully saturated rings. The van der Waals surface area contributed by atoms with Crippen molar-refractivity contribution in [2.24, 2.45) is 5.92 Å². The lowest BCUT2D eigenvalue weighted by molar-refractivity contribution is -0.134. The van der Waals surface area contributed by atoms with Gasteiger partial charge in [-0.2, -0.15) is 0 Å². The fourth-order valence-corrected chi connectivity index (χ4v) is 3.21. The van der Waals surface area contributed by atoms with E-state index in [-0.39, 0.29) is 37.1 Å². The fourth-order valence-electron chi connectivity index (χ4n) is 3.21. The van der Waals surface area contributed by atoms with Crippen molar-refractivity contribution >= 4 is 23.6 Å². The van der Waals surface area contributed by atoms with Gasteiger partial charge in [0.05, 0.1) is 0 Å². The lowest BCUT2D eigenvalue weighted by Gasteiger charge is -2.27. The molecule has 0 radical (unpaired) electrons. The van der Waals surface area contributed by atoms with Crippen molar-refractivity contribution in [3.8, 4) is 0 Å². The first-order chi connectivity index (χ1) is 16.2. The monoisotopic (exact) mass is 470 g/mol. The molecule has 0 bridgehead atoms. The zero-order valence-electron chi connectivity index (χ0n) is 20.4. The Morgan fingerprint density at radius 3 is 2.18 bits per heavy atom. The van der Waals surface area contributed by atoms with Crippen molar-refractivity contribution in [3.63, 3.8) is 0 Å². The molecule has 0 aliphatic rings. The van der Waals surface area contributed by atoms with Crippen LogP contribution in [0.1, 0.15) is 45.6 Å². The molecule has 8 heteroatoms. The van der Waals surface area contributed by atoms with Crippen LogP contribution in [-0.4, -0.2) is 48.3 Å². The van der Waals surface area contributed by atoms with Crippen LogP contribution in [-0.2, 0) is 25.6 Å². The molecule has 0 saturated heterocycles. The number of carbonyl (C=O) groups is 4. The molecule has 4 N–H and O–H groups in total. The van der Waals surface area contributed by atoms with E-state index in [0.717, 1.165) is 5.56 Å². The maximum Gasteiger partial charge on any atom is 0.243 e. The Morgan fingerprint density at radius 2 is 1.59 bits per heavy atom. The van der Waals surface area contributed by atoms with Gasteiger partial charge in [0.1, 0.15) is 18.1 Å². The lowest BCUT2D eigenvalue weighted by atomic mass is 9.97. The normalized spacial score (nSPS) is 14.0. The van der Waals surface area contributed by atoms with Gasteiger partial charge in [0.15, 0.2) is 0 Å². The second kappa shape index (κ2) is 15.4. The maximum atomic E-state index is 13.3. The highest BCUT2D eigenvalue weighted by molar-refractivity contribution is 5.94. The van der Waals surface area contributed by atoms with Gasteiger partial charge in [-0.25, -0.2) is 0 Å². The lowest BCUT2D eigenvalue weighted by Crippen LogP contribution is -2.58. The van der Waals surface area contributed by atoms with Crippen LogP contribution in [0.15, 0.2) is 55.6 Å². The van der Waals surface area contributed by atoms with Gasteiger partial charge >= 0.3 is 0 Å². The highest BCUT2D eigenvalue weighted by Crippen LogP contribution is 2.10.